The normalized spacial score (nSPS) is 14.9. The second-order valence-corrected chi connectivity index (χ2v) is 8.23. The van der Waals surface area contributed by atoms with Crippen LogP contribution in [0.4, 0.5) is 0 Å². The summed E-state index contributed by atoms with van der Waals surface area (Å²) in [4.78, 5) is 31.0. The molecule has 1 saturated heterocycles. The molecule has 0 aliphatic carbocycles. The molecule has 166 valence electrons. The second-order valence-electron chi connectivity index (χ2n) is 8.23. The lowest BCUT2D eigenvalue weighted by Crippen LogP contribution is -2.51. The Morgan fingerprint density at radius 2 is 1.42 bits per heavy atom. The zero-order chi connectivity index (χ0) is 22.1. The second kappa shape index (κ2) is 11.6. The first-order chi connectivity index (χ1) is 15.0. The molecule has 0 spiro atoms. The molecule has 0 aromatic heterocycles. The highest BCUT2D eigenvalue weighted by Crippen LogP contribution is 2.09. The Balaban J connectivity index is 1.35. The Bertz CT molecular complexity index is 830. The van der Waals surface area contributed by atoms with Crippen LogP contribution in [-0.2, 0) is 29.1 Å². The Morgan fingerprint density at radius 3 is 2.03 bits per heavy atom. The minimum Gasteiger partial charge on any atom is -0.351 e. The topological polar surface area (TPSA) is 55.9 Å². The SMILES string of the molecule is CCc1ccc(CN(C)C(=O)CN2CCN(CC(=O)NCc3ccccc3)CC2)cc1. The molecule has 2 aromatic carbocycles. The number of nitrogens with zero attached hydrogens (tertiary/aromatic N) is 3. The molecule has 1 aliphatic heterocycles. The first kappa shape index (κ1) is 23.0. The number of nitrogens with one attached hydrogen (secondary N) is 1. The zero-order valence-corrected chi connectivity index (χ0v) is 18.7. The number of amides is 2. The smallest absolute Gasteiger partial charge is 0.236 e. The lowest BCUT2D eigenvalue weighted by atomic mass is 10.1. The molecule has 3 rings (SSSR count). The summed E-state index contributed by atoms with van der Waals surface area (Å²) in [6.45, 7) is 7.36. The first-order valence-corrected chi connectivity index (χ1v) is 11.1. The lowest BCUT2D eigenvalue weighted by Gasteiger charge is -2.34. The van der Waals surface area contributed by atoms with E-state index in [1.807, 2.05) is 37.4 Å². The van der Waals surface area contributed by atoms with E-state index in [0.29, 0.717) is 26.2 Å². The van der Waals surface area contributed by atoms with E-state index < -0.39 is 0 Å². The van der Waals surface area contributed by atoms with Crippen LogP contribution in [0.2, 0.25) is 0 Å². The van der Waals surface area contributed by atoms with Crippen LogP contribution in [0.5, 0.6) is 0 Å². The van der Waals surface area contributed by atoms with E-state index in [0.717, 1.165) is 43.7 Å². The van der Waals surface area contributed by atoms with Crippen LogP contribution >= 0.6 is 0 Å². The standard InChI is InChI=1S/C25H34N4O2/c1-3-21-9-11-23(12-10-21)18-27(2)25(31)20-29-15-13-28(14-16-29)19-24(30)26-17-22-7-5-4-6-8-22/h4-12H,3,13-20H2,1-2H3,(H,26,30). The zero-order valence-electron chi connectivity index (χ0n) is 18.7. The summed E-state index contributed by atoms with van der Waals surface area (Å²) in [6, 6.07) is 18.4. The van der Waals surface area contributed by atoms with Gasteiger partial charge in [-0.15, -0.1) is 0 Å². The van der Waals surface area contributed by atoms with Crippen LogP contribution in [0.3, 0.4) is 0 Å². The monoisotopic (exact) mass is 422 g/mol. The molecule has 1 fully saturated rings. The van der Waals surface area contributed by atoms with Crippen LogP contribution in [0.1, 0.15) is 23.6 Å². The Morgan fingerprint density at radius 1 is 0.839 bits per heavy atom. The Labute approximate surface area is 185 Å². The minimum absolute atomic E-state index is 0.0437. The Hall–Kier alpha value is -2.70. The number of hydrogen-bond donors (Lipinski definition) is 1. The van der Waals surface area contributed by atoms with Crippen molar-refractivity contribution in [3.05, 3.63) is 71.3 Å². The maximum atomic E-state index is 12.6. The molecule has 0 saturated carbocycles. The van der Waals surface area contributed by atoms with E-state index in [1.165, 1.54) is 5.56 Å². The van der Waals surface area contributed by atoms with Gasteiger partial charge in [-0.3, -0.25) is 19.4 Å². The minimum atomic E-state index is 0.0437. The molecule has 0 bridgehead atoms. The molecule has 6 nitrogen and oxygen atoms in total. The van der Waals surface area contributed by atoms with E-state index in [2.05, 4.69) is 46.3 Å². The van der Waals surface area contributed by atoms with E-state index >= 15 is 0 Å². The van der Waals surface area contributed by atoms with E-state index in [-0.39, 0.29) is 11.8 Å². The largest absolute Gasteiger partial charge is 0.351 e. The lowest BCUT2D eigenvalue weighted by molar-refractivity contribution is -0.132. The third-order valence-corrected chi connectivity index (χ3v) is 5.80. The molecular weight excluding hydrogens is 388 g/mol. The predicted molar refractivity (Wildman–Crippen MR) is 123 cm³/mol. The van der Waals surface area contributed by atoms with Crippen molar-refractivity contribution >= 4 is 11.8 Å². The molecule has 31 heavy (non-hydrogen) atoms. The van der Waals surface area contributed by atoms with Crippen LogP contribution in [0, 0.1) is 0 Å². The van der Waals surface area contributed by atoms with E-state index in [9.17, 15) is 9.59 Å². The molecule has 0 atom stereocenters. The van der Waals surface area contributed by atoms with Gasteiger partial charge >= 0.3 is 0 Å². The average molecular weight is 423 g/mol. The number of aryl methyl sites for hydroxylation is 1. The van der Waals surface area contributed by atoms with Gasteiger partial charge in [-0.05, 0) is 23.1 Å². The molecule has 2 amide bonds. The summed E-state index contributed by atoms with van der Waals surface area (Å²) in [5.41, 5.74) is 3.56. The number of hydrogen-bond acceptors (Lipinski definition) is 4. The van der Waals surface area contributed by atoms with Crippen molar-refractivity contribution in [3.63, 3.8) is 0 Å². The number of likely N-dealkylation sites (N-methyl/N-ethyl adjacent to an activating group) is 1. The van der Waals surface area contributed by atoms with Gasteiger partial charge in [-0.2, -0.15) is 0 Å². The van der Waals surface area contributed by atoms with Crippen molar-refractivity contribution in [2.45, 2.75) is 26.4 Å². The van der Waals surface area contributed by atoms with Gasteiger partial charge in [0.05, 0.1) is 13.1 Å². The quantitative estimate of drug-likeness (QED) is 0.673. The van der Waals surface area contributed by atoms with Gasteiger partial charge in [-0.25, -0.2) is 0 Å². The van der Waals surface area contributed by atoms with Crippen LogP contribution in [0.25, 0.3) is 0 Å². The van der Waals surface area contributed by atoms with Crippen LogP contribution in [0.15, 0.2) is 54.6 Å². The summed E-state index contributed by atoms with van der Waals surface area (Å²) in [7, 11) is 1.86. The van der Waals surface area contributed by atoms with Gasteiger partial charge in [0, 0.05) is 46.3 Å². The first-order valence-electron chi connectivity index (χ1n) is 11.1. The van der Waals surface area contributed by atoms with Crippen molar-refractivity contribution in [2.24, 2.45) is 0 Å². The van der Waals surface area contributed by atoms with Crippen molar-refractivity contribution in [1.82, 2.24) is 20.0 Å². The van der Waals surface area contributed by atoms with Gasteiger partial charge in [-0.1, -0.05) is 61.5 Å². The number of benzene rings is 2. The summed E-state index contributed by atoms with van der Waals surface area (Å²) in [5, 5.41) is 2.98. The molecule has 1 N–H and O–H groups in total. The van der Waals surface area contributed by atoms with Gasteiger partial charge in [0.2, 0.25) is 11.8 Å². The predicted octanol–water partition coefficient (Wildman–Crippen LogP) is 2.14. The summed E-state index contributed by atoms with van der Waals surface area (Å²) in [5.74, 6) is 0.177. The fourth-order valence-electron chi connectivity index (χ4n) is 3.72. The summed E-state index contributed by atoms with van der Waals surface area (Å²) < 4.78 is 0. The summed E-state index contributed by atoms with van der Waals surface area (Å²) in [6.07, 6.45) is 1.02. The molecule has 1 aliphatic rings. The number of rotatable bonds is 9. The number of carbonyl (C=O) groups is 2. The van der Waals surface area contributed by atoms with Crippen LogP contribution < -0.4 is 5.32 Å². The molecular formula is C25H34N4O2. The van der Waals surface area contributed by atoms with Crippen molar-refractivity contribution in [2.75, 3.05) is 46.3 Å². The third kappa shape index (κ3) is 7.49. The highest BCUT2D eigenvalue weighted by molar-refractivity contribution is 5.78. The number of carbonyl (C=O) groups excluding carboxylic acids is 2. The molecule has 1 heterocycles. The Kier molecular flexibility index (Phi) is 8.62. The van der Waals surface area contributed by atoms with Crippen molar-refractivity contribution in [3.8, 4) is 0 Å². The summed E-state index contributed by atoms with van der Waals surface area (Å²) >= 11 is 0. The van der Waals surface area contributed by atoms with Gasteiger partial charge in [0.25, 0.3) is 0 Å². The third-order valence-electron chi connectivity index (χ3n) is 5.80. The van der Waals surface area contributed by atoms with Crippen molar-refractivity contribution in [1.29, 1.82) is 0 Å². The molecule has 0 radical (unpaired) electrons. The number of piperazine rings is 1. The molecule has 0 unspecified atom stereocenters. The maximum absolute atomic E-state index is 12.6. The molecule has 2 aromatic rings. The van der Waals surface area contributed by atoms with E-state index in [1.54, 1.807) is 4.90 Å². The van der Waals surface area contributed by atoms with E-state index in [4.69, 9.17) is 0 Å². The maximum Gasteiger partial charge on any atom is 0.236 e. The highest BCUT2D eigenvalue weighted by Gasteiger charge is 2.21. The fourth-order valence-corrected chi connectivity index (χ4v) is 3.72. The van der Waals surface area contributed by atoms with Gasteiger partial charge in [0.1, 0.15) is 0 Å². The fraction of sp³-hybridized carbons (Fsp3) is 0.440. The van der Waals surface area contributed by atoms with Crippen molar-refractivity contribution < 1.29 is 9.59 Å². The van der Waals surface area contributed by atoms with Gasteiger partial charge < -0.3 is 10.2 Å². The van der Waals surface area contributed by atoms with Crippen LogP contribution in [-0.4, -0.2) is 72.8 Å². The average Bonchev–Trinajstić information content (AvgIpc) is 2.80. The van der Waals surface area contributed by atoms with Gasteiger partial charge in [0.15, 0.2) is 0 Å². The molecule has 6 heteroatoms. The highest BCUT2D eigenvalue weighted by atomic mass is 16.2.